The van der Waals surface area contributed by atoms with Crippen LogP contribution in [0.1, 0.15) is 25.5 Å². The Bertz CT molecular complexity index is 777. The van der Waals surface area contributed by atoms with E-state index < -0.39 is 11.1 Å². The Morgan fingerprint density at radius 1 is 1.22 bits per heavy atom. The third-order valence-corrected chi connectivity index (χ3v) is 3.26. The topological polar surface area (TPSA) is 93.2 Å². The second kappa shape index (κ2) is 7.44. The molecule has 1 atom stereocenters. The van der Waals surface area contributed by atoms with Crippen molar-refractivity contribution in [1.29, 1.82) is 0 Å². The van der Waals surface area contributed by atoms with Gasteiger partial charge in [-0.3, -0.25) is 19.5 Å². The number of hydrogen-bond acceptors (Lipinski definition) is 4. The van der Waals surface area contributed by atoms with Gasteiger partial charge in [-0.25, -0.2) is 4.68 Å². The fourth-order valence-corrected chi connectivity index (χ4v) is 2.11. The summed E-state index contributed by atoms with van der Waals surface area (Å²) in [7, 11) is 0. The molecule has 1 amide bonds. The Kier molecular flexibility index (Phi) is 5.35. The number of carbonyl (C=O) groups excluding carboxylic acids is 1. The minimum Gasteiger partial charge on any atom is -0.494 e. The Hall–Kier alpha value is -2.83. The minimum absolute atomic E-state index is 0.232. The molecular weight excluding hydrogens is 298 g/mol. The fraction of sp³-hybridized carbons (Fsp3) is 0.312. The van der Waals surface area contributed by atoms with E-state index in [0.717, 1.165) is 28.1 Å². The van der Waals surface area contributed by atoms with E-state index in [1.165, 1.54) is 0 Å². The number of aromatic nitrogens is 2. The number of benzene rings is 1. The van der Waals surface area contributed by atoms with Gasteiger partial charge in [0.2, 0.25) is 5.91 Å². The first-order chi connectivity index (χ1) is 11.0. The smallest absolute Gasteiger partial charge is 0.265 e. The minimum atomic E-state index is -0.437. The molecule has 2 aromatic rings. The highest BCUT2D eigenvalue weighted by Gasteiger charge is 2.11. The number of amides is 1. The van der Waals surface area contributed by atoms with Crippen LogP contribution in [0.15, 0.2) is 46.0 Å². The number of nitrogens with one attached hydrogen (secondary N) is 2. The van der Waals surface area contributed by atoms with Crippen LogP contribution >= 0.6 is 0 Å². The molecule has 0 aliphatic rings. The SMILES string of the molecule is CCOc1ccc([C@@H](C)NC(=O)Cn2[nH]c(=O)ccc2=O)cc1. The summed E-state index contributed by atoms with van der Waals surface area (Å²) in [6.07, 6.45) is 0. The van der Waals surface area contributed by atoms with Crippen molar-refractivity contribution in [2.45, 2.75) is 26.4 Å². The Labute approximate surface area is 132 Å². The summed E-state index contributed by atoms with van der Waals surface area (Å²) in [5.74, 6) is 0.401. The molecule has 1 aromatic carbocycles. The molecule has 7 nitrogen and oxygen atoms in total. The van der Waals surface area contributed by atoms with E-state index in [-0.39, 0.29) is 18.5 Å². The number of nitrogens with zero attached hydrogens (tertiary/aromatic N) is 1. The van der Waals surface area contributed by atoms with E-state index in [0.29, 0.717) is 6.61 Å². The highest BCUT2D eigenvalue weighted by molar-refractivity contribution is 5.76. The van der Waals surface area contributed by atoms with Crippen LogP contribution in [0, 0.1) is 0 Å². The Balaban J connectivity index is 2.00. The van der Waals surface area contributed by atoms with Crippen LogP contribution in [-0.4, -0.2) is 22.3 Å². The molecule has 2 N–H and O–H groups in total. The summed E-state index contributed by atoms with van der Waals surface area (Å²) >= 11 is 0. The lowest BCUT2D eigenvalue weighted by Gasteiger charge is -2.15. The van der Waals surface area contributed by atoms with Crippen LogP contribution in [0.25, 0.3) is 0 Å². The zero-order chi connectivity index (χ0) is 16.8. The predicted molar refractivity (Wildman–Crippen MR) is 85.5 cm³/mol. The van der Waals surface area contributed by atoms with Gasteiger partial charge in [0.15, 0.2) is 0 Å². The Morgan fingerprint density at radius 3 is 2.57 bits per heavy atom. The summed E-state index contributed by atoms with van der Waals surface area (Å²) in [5.41, 5.74) is 0.0427. The van der Waals surface area contributed by atoms with Crippen LogP contribution in [0.4, 0.5) is 0 Å². The average Bonchev–Trinajstić information content (AvgIpc) is 2.52. The lowest BCUT2D eigenvalue weighted by molar-refractivity contribution is -0.122. The van der Waals surface area contributed by atoms with E-state index in [9.17, 15) is 14.4 Å². The van der Waals surface area contributed by atoms with Gasteiger partial charge in [-0.15, -0.1) is 0 Å². The van der Waals surface area contributed by atoms with Gasteiger partial charge < -0.3 is 10.1 Å². The highest BCUT2D eigenvalue weighted by Crippen LogP contribution is 2.17. The first-order valence-corrected chi connectivity index (χ1v) is 7.32. The van der Waals surface area contributed by atoms with E-state index in [4.69, 9.17) is 4.74 Å². The van der Waals surface area contributed by atoms with Crippen LogP contribution in [0.2, 0.25) is 0 Å². The van der Waals surface area contributed by atoms with Crippen molar-refractivity contribution in [1.82, 2.24) is 15.1 Å². The van der Waals surface area contributed by atoms with Crippen LogP contribution in [0.5, 0.6) is 5.75 Å². The number of ether oxygens (including phenoxy) is 1. The lowest BCUT2D eigenvalue weighted by Crippen LogP contribution is -2.36. The van der Waals surface area contributed by atoms with Gasteiger partial charge in [0.1, 0.15) is 12.3 Å². The molecule has 7 heteroatoms. The first kappa shape index (κ1) is 16.5. The molecule has 122 valence electrons. The predicted octanol–water partition coefficient (Wildman–Crippen LogP) is 0.813. The number of aromatic amines is 1. The largest absolute Gasteiger partial charge is 0.494 e. The first-order valence-electron chi connectivity index (χ1n) is 7.32. The van der Waals surface area contributed by atoms with Crippen molar-refractivity contribution >= 4 is 5.91 Å². The van der Waals surface area contributed by atoms with Gasteiger partial charge in [0.05, 0.1) is 12.6 Å². The molecule has 0 saturated heterocycles. The fourth-order valence-electron chi connectivity index (χ4n) is 2.11. The molecule has 0 aliphatic carbocycles. The molecule has 1 aromatic heterocycles. The second-order valence-electron chi connectivity index (χ2n) is 5.03. The lowest BCUT2D eigenvalue weighted by atomic mass is 10.1. The monoisotopic (exact) mass is 317 g/mol. The molecule has 0 bridgehead atoms. The molecule has 0 saturated carbocycles. The van der Waals surface area contributed by atoms with Crippen molar-refractivity contribution in [2.75, 3.05) is 6.61 Å². The Morgan fingerprint density at radius 2 is 1.91 bits per heavy atom. The molecule has 0 fully saturated rings. The van der Waals surface area contributed by atoms with Crippen molar-refractivity contribution < 1.29 is 9.53 Å². The molecule has 2 rings (SSSR count). The maximum atomic E-state index is 12.0. The molecule has 1 heterocycles. The number of hydrogen-bond donors (Lipinski definition) is 2. The zero-order valence-corrected chi connectivity index (χ0v) is 13.0. The van der Waals surface area contributed by atoms with Gasteiger partial charge in [0, 0.05) is 12.1 Å². The second-order valence-corrected chi connectivity index (χ2v) is 5.03. The van der Waals surface area contributed by atoms with Crippen LogP contribution < -0.4 is 21.2 Å². The van der Waals surface area contributed by atoms with Gasteiger partial charge in [0.25, 0.3) is 11.1 Å². The van der Waals surface area contributed by atoms with Crippen LogP contribution in [-0.2, 0) is 11.3 Å². The molecule has 0 aliphatic heterocycles. The molecule has 23 heavy (non-hydrogen) atoms. The highest BCUT2D eigenvalue weighted by atomic mass is 16.5. The number of rotatable bonds is 6. The van der Waals surface area contributed by atoms with Gasteiger partial charge in [-0.2, -0.15) is 0 Å². The number of H-pyrrole nitrogens is 1. The van der Waals surface area contributed by atoms with Gasteiger partial charge in [-0.1, -0.05) is 12.1 Å². The molecular formula is C16H19N3O4. The van der Waals surface area contributed by atoms with E-state index in [2.05, 4.69) is 10.4 Å². The molecule has 0 unspecified atom stereocenters. The maximum absolute atomic E-state index is 12.0. The zero-order valence-electron chi connectivity index (χ0n) is 13.0. The van der Waals surface area contributed by atoms with Gasteiger partial charge >= 0.3 is 0 Å². The van der Waals surface area contributed by atoms with E-state index >= 15 is 0 Å². The van der Waals surface area contributed by atoms with Crippen molar-refractivity contribution in [3.05, 3.63) is 62.7 Å². The maximum Gasteiger partial charge on any atom is 0.265 e. The van der Waals surface area contributed by atoms with Crippen molar-refractivity contribution in [2.24, 2.45) is 0 Å². The summed E-state index contributed by atoms with van der Waals surface area (Å²) in [6.45, 7) is 4.10. The summed E-state index contributed by atoms with van der Waals surface area (Å²) in [6, 6.07) is 9.42. The average molecular weight is 317 g/mol. The molecule has 0 spiro atoms. The third kappa shape index (κ3) is 4.57. The third-order valence-electron chi connectivity index (χ3n) is 3.26. The molecule has 0 radical (unpaired) electrons. The summed E-state index contributed by atoms with van der Waals surface area (Å²) in [4.78, 5) is 34.8. The van der Waals surface area contributed by atoms with Crippen LogP contribution in [0.3, 0.4) is 0 Å². The van der Waals surface area contributed by atoms with E-state index in [1.54, 1.807) is 0 Å². The summed E-state index contributed by atoms with van der Waals surface area (Å²) < 4.78 is 6.34. The summed E-state index contributed by atoms with van der Waals surface area (Å²) in [5, 5.41) is 5.09. The van der Waals surface area contributed by atoms with E-state index in [1.807, 2.05) is 38.1 Å². The quantitative estimate of drug-likeness (QED) is 0.824. The normalized spacial score (nSPS) is 11.7. The van der Waals surface area contributed by atoms with Gasteiger partial charge in [-0.05, 0) is 31.5 Å². The number of carbonyl (C=O) groups is 1. The standard InChI is InChI=1S/C16H19N3O4/c1-3-23-13-6-4-12(5-7-13)11(2)17-15(21)10-19-16(22)9-8-14(20)18-19/h4-9,11H,3,10H2,1-2H3,(H,17,21)(H,18,20)/t11-/m1/s1. The van der Waals surface area contributed by atoms with Crippen molar-refractivity contribution in [3.63, 3.8) is 0 Å². The van der Waals surface area contributed by atoms with Crippen molar-refractivity contribution in [3.8, 4) is 5.75 Å².